The molecule has 0 aliphatic heterocycles. The van der Waals surface area contributed by atoms with E-state index in [0.717, 1.165) is 0 Å². The maximum atomic E-state index is 0. The molecule has 0 amide bonds. The summed E-state index contributed by atoms with van der Waals surface area (Å²) in [4.78, 5) is 0. The zero-order valence-corrected chi connectivity index (χ0v) is 19.4. The maximum absolute atomic E-state index is 0. The molecule has 0 N–H and O–H groups in total. The van der Waals surface area contributed by atoms with Gasteiger partial charge in [0.2, 0.25) is 0 Å². The Kier molecular flexibility index (Phi) is 11500. The first-order valence-corrected chi connectivity index (χ1v) is 0. The summed E-state index contributed by atoms with van der Waals surface area (Å²) in [6.45, 7) is 0. The van der Waals surface area contributed by atoms with Crippen molar-refractivity contribution in [2.75, 3.05) is 0 Å². The molecule has 0 saturated heterocycles. The molecule has 0 atom stereocenters. The second kappa shape index (κ2) is 381. The number of hydrogen-bond acceptors (Lipinski definition) is 0. The molecule has 0 bridgehead atoms. The average Bonchev–Trinajstić information content (AvgIpc) is 0. The molecule has 0 fully saturated rings. The normalized spacial score (nSPS) is 0. The molecule has 0 aliphatic rings. The minimum absolute atomic E-state index is 0. The topological polar surface area (TPSA) is 0 Å². The van der Waals surface area contributed by atoms with Gasteiger partial charge in [-0.2, -0.15) is 0 Å². The van der Waals surface area contributed by atoms with Crippen molar-refractivity contribution < 1.29 is 133 Å². The third-order valence-corrected chi connectivity index (χ3v) is 0. The third kappa shape index (κ3) is 336. The molecular formula is BaF11HfNaZr. The number of hydrogen-bond donors (Lipinski definition) is 0. The van der Waals surface area contributed by atoms with Crippen LogP contribution in [0.5, 0.6) is 0 Å². The van der Waals surface area contributed by atoms with Crippen molar-refractivity contribution in [2.24, 2.45) is 0 Å². The van der Waals surface area contributed by atoms with E-state index in [1.807, 2.05) is 0 Å². The van der Waals surface area contributed by atoms with Gasteiger partial charge in [0.05, 0.1) is 0 Å². The van der Waals surface area contributed by atoms with Crippen LogP contribution in [0.2, 0.25) is 0 Å². The minimum atomic E-state index is 0. The molecule has 0 aromatic rings. The summed E-state index contributed by atoms with van der Waals surface area (Å²) < 4.78 is 0. The SMILES string of the molecule is [Ba+2].[F-].[F-].[F-].[F-].[F-].[F-].[F-].[F-].[F-].[F-].[F-].[Hf+4].[Na+].[Zr+4]. The van der Waals surface area contributed by atoms with Gasteiger partial charge >= 0.3 is 130 Å². The van der Waals surface area contributed by atoms with Gasteiger partial charge in [-0.15, -0.1) is 0 Å². The summed E-state index contributed by atoms with van der Waals surface area (Å²) in [6.07, 6.45) is 0. The molecule has 0 aromatic carbocycles. The van der Waals surface area contributed by atoms with E-state index in [1.165, 1.54) is 0 Å². The van der Waals surface area contributed by atoms with Crippen molar-refractivity contribution in [3.8, 4) is 0 Å². The minimum Gasteiger partial charge on any atom is -1.00 e. The van der Waals surface area contributed by atoms with Gasteiger partial charge < -0.3 is 51.7 Å². The summed E-state index contributed by atoms with van der Waals surface area (Å²) in [5.74, 6) is 0. The van der Waals surface area contributed by atoms with Crippen molar-refractivity contribution in [2.45, 2.75) is 0 Å². The van der Waals surface area contributed by atoms with Crippen LogP contribution in [0.25, 0.3) is 0 Å². The fourth-order valence-corrected chi connectivity index (χ4v) is 0. The van der Waals surface area contributed by atoms with Crippen LogP contribution in [-0.2, 0) is 52.0 Å². The fraction of sp³-hybridized carbons (Fsp3) is 0. The Morgan fingerprint density at radius 1 is 0.333 bits per heavy atom. The Balaban J connectivity index is 0. The summed E-state index contributed by atoms with van der Waals surface area (Å²) >= 11 is 0. The monoisotopic (exact) mass is 640 g/mol. The first-order valence-electron chi connectivity index (χ1n) is 0. The molecule has 88 valence electrons. The van der Waals surface area contributed by atoms with Crippen molar-refractivity contribution in [3.05, 3.63) is 0 Å². The zero-order chi connectivity index (χ0) is 0. The van der Waals surface area contributed by atoms with E-state index in [0.29, 0.717) is 0 Å². The molecule has 0 spiro atoms. The number of halogens is 11. The summed E-state index contributed by atoms with van der Waals surface area (Å²) in [5, 5.41) is 0. The van der Waals surface area contributed by atoms with E-state index in [2.05, 4.69) is 0 Å². The Morgan fingerprint density at radius 3 is 0.333 bits per heavy atom. The van der Waals surface area contributed by atoms with Crippen molar-refractivity contribution in [1.82, 2.24) is 0 Å². The van der Waals surface area contributed by atoms with E-state index in [-0.39, 0.29) is 182 Å². The molecular weight excluding hydrogens is 639 g/mol. The fourth-order valence-electron chi connectivity index (χ4n) is 0. The van der Waals surface area contributed by atoms with E-state index in [9.17, 15) is 0 Å². The Morgan fingerprint density at radius 2 is 0.333 bits per heavy atom. The average molecular weight is 639 g/mol. The standard InChI is InChI=1S/Ba.11FH.Hf.Na.Zr/h;11*1H;;;/q+2;;;;;;;;;;;;+4;+1;+4/p-11. The molecule has 0 unspecified atom stereocenters. The molecule has 0 aromatic heterocycles. The second-order valence-corrected chi connectivity index (χ2v) is 0. The largest absolute Gasteiger partial charge is 4.00 e. The van der Waals surface area contributed by atoms with Crippen LogP contribution in [0.3, 0.4) is 0 Å². The van der Waals surface area contributed by atoms with E-state index in [4.69, 9.17) is 0 Å². The van der Waals surface area contributed by atoms with Crippen LogP contribution in [0.4, 0.5) is 0 Å². The summed E-state index contributed by atoms with van der Waals surface area (Å²) in [6, 6.07) is 0. The molecule has 0 heterocycles. The predicted molar refractivity (Wildman–Crippen MR) is 5.75 cm³/mol. The molecule has 0 aliphatic carbocycles. The molecule has 0 radical (unpaired) electrons. The van der Waals surface area contributed by atoms with Gasteiger partial charge in [-0.3, -0.25) is 0 Å². The van der Waals surface area contributed by atoms with Crippen LogP contribution in [0.1, 0.15) is 0 Å². The van der Waals surface area contributed by atoms with Crippen LogP contribution in [0, 0.1) is 0 Å². The Hall–Kier alpha value is 3.55. The van der Waals surface area contributed by atoms with E-state index in [1.54, 1.807) is 0 Å². The molecule has 15 heteroatoms. The van der Waals surface area contributed by atoms with Gasteiger partial charge in [-0.05, 0) is 0 Å². The molecule has 0 saturated carbocycles. The first kappa shape index (κ1) is 453. The summed E-state index contributed by atoms with van der Waals surface area (Å²) in [7, 11) is 0. The van der Waals surface area contributed by atoms with E-state index >= 15 is 0 Å². The molecule has 0 nitrogen and oxygen atoms in total. The predicted octanol–water partition coefficient (Wildman–Crippen LogP) is -36.3. The Labute approximate surface area is 179 Å². The quantitative estimate of drug-likeness (QED) is 0.183. The molecule has 15 heavy (non-hydrogen) atoms. The zero-order valence-electron chi connectivity index (χ0n) is 6.86. The van der Waals surface area contributed by atoms with Gasteiger partial charge in [0.1, 0.15) is 0 Å². The van der Waals surface area contributed by atoms with Crippen molar-refractivity contribution >= 4 is 48.9 Å². The molecule has 0 rings (SSSR count). The second-order valence-electron chi connectivity index (χ2n) is 0. The van der Waals surface area contributed by atoms with Gasteiger partial charge in [-0.25, -0.2) is 0 Å². The third-order valence-electron chi connectivity index (χ3n) is 0. The van der Waals surface area contributed by atoms with Gasteiger partial charge in [0.15, 0.2) is 0 Å². The van der Waals surface area contributed by atoms with Crippen LogP contribution in [0.15, 0.2) is 0 Å². The first-order chi connectivity index (χ1) is 0. The van der Waals surface area contributed by atoms with Gasteiger partial charge in [0, 0.05) is 0 Å². The van der Waals surface area contributed by atoms with Crippen LogP contribution in [-0.4, -0.2) is 48.9 Å². The summed E-state index contributed by atoms with van der Waals surface area (Å²) in [5.41, 5.74) is 0. The van der Waals surface area contributed by atoms with Crippen molar-refractivity contribution in [1.29, 1.82) is 0 Å². The van der Waals surface area contributed by atoms with E-state index < -0.39 is 0 Å². The maximum Gasteiger partial charge on any atom is 4.00 e. The van der Waals surface area contributed by atoms with Crippen LogP contribution >= 0.6 is 0 Å². The Bertz CT molecular complexity index is 20.5. The van der Waals surface area contributed by atoms with Crippen LogP contribution < -0.4 is 81.3 Å². The van der Waals surface area contributed by atoms with Crippen molar-refractivity contribution in [3.63, 3.8) is 0 Å². The van der Waals surface area contributed by atoms with Gasteiger partial charge in [-0.1, -0.05) is 0 Å². The number of rotatable bonds is 0. The smallest absolute Gasteiger partial charge is 1.00 e. The van der Waals surface area contributed by atoms with Gasteiger partial charge in [0.25, 0.3) is 0 Å².